The van der Waals surface area contributed by atoms with Crippen LogP contribution >= 0.6 is 0 Å². The van der Waals surface area contributed by atoms with E-state index < -0.39 is 20.0 Å². The Balaban J connectivity index is 1.85. The molecule has 1 fully saturated rings. The van der Waals surface area contributed by atoms with Crippen LogP contribution in [0.1, 0.15) is 26.2 Å². The van der Waals surface area contributed by atoms with Crippen molar-refractivity contribution < 1.29 is 26.3 Å². The largest absolute Gasteiger partial charge is 0.497 e. The number of benzene rings is 2. The van der Waals surface area contributed by atoms with Gasteiger partial charge in [-0.15, -0.1) is 0 Å². The number of nitrogens with zero attached hydrogens (tertiary/aromatic N) is 1. The number of hydrogen-bond acceptors (Lipinski definition) is 6. The fourth-order valence-electron chi connectivity index (χ4n) is 3.46. The lowest BCUT2D eigenvalue weighted by atomic mass is 10.1. The molecule has 1 N–H and O–H groups in total. The molecule has 3 rings (SSSR count). The maximum atomic E-state index is 12.9. The maximum Gasteiger partial charge on any atom is 0.265 e. The van der Waals surface area contributed by atoms with E-state index in [1.54, 1.807) is 6.07 Å². The highest BCUT2D eigenvalue weighted by atomic mass is 32.2. The molecule has 0 aromatic heterocycles. The van der Waals surface area contributed by atoms with Crippen LogP contribution in [0.5, 0.6) is 11.5 Å². The minimum Gasteiger partial charge on any atom is -0.497 e. The van der Waals surface area contributed by atoms with Gasteiger partial charge in [0.15, 0.2) is 0 Å². The van der Waals surface area contributed by atoms with Gasteiger partial charge in [0.2, 0.25) is 10.0 Å². The highest BCUT2D eigenvalue weighted by molar-refractivity contribution is 7.92. The van der Waals surface area contributed by atoms with Crippen LogP contribution in [0.15, 0.2) is 52.3 Å². The third-order valence-electron chi connectivity index (χ3n) is 5.12. The molecular weight excluding hydrogens is 428 g/mol. The van der Waals surface area contributed by atoms with Crippen molar-refractivity contribution in [3.8, 4) is 11.5 Å². The maximum absolute atomic E-state index is 12.9. The van der Waals surface area contributed by atoms with E-state index in [2.05, 4.69) is 4.72 Å². The first-order valence-corrected chi connectivity index (χ1v) is 12.5. The molecule has 1 aliphatic heterocycles. The van der Waals surface area contributed by atoms with Crippen LogP contribution in [-0.4, -0.2) is 47.9 Å². The average molecular weight is 455 g/mol. The van der Waals surface area contributed by atoms with E-state index >= 15 is 0 Å². The fourth-order valence-corrected chi connectivity index (χ4v) is 6.41. The Morgan fingerprint density at radius 2 is 1.67 bits per heavy atom. The second kappa shape index (κ2) is 8.83. The Hall–Kier alpha value is -2.30. The molecule has 30 heavy (non-hydrogen) atoms. The van der Waals surface area contributed by atoms with Crippen LogP contribution in [0.4, 0.5) is 5.69 Å². The van der Waals surface area contributed by atoms with Gasteiger partial charge in [-0.25, -0.2) is 16.8 Å². The van der Waals surface area contributed by atoms with E-state index in [9.17, 15) is 16.8 Å². The zero-order valence-corrected chi connectivity index (χ0v) is 18.8. The first kappa shape index (κ1) is 22.4. The SMILES string of the molecule is COc1ccc(OC)c(S(=O)(=O)Nc2ccc(S(=O)(=O)N3CCCC[C@@H]3C)cc2)c1. The van der Waals surface area contributed by atoms with Gasteiger partial charge >= 0.3 is 0 Å². The van der Waals surface area contributed by atoms with Gasteiger partial charge < -0.3 is 9.47 Å². The predicted octanol–water partition coefficient (Wildman–Crippen LogP) is 3.07. The van der Waals surface area contributed by atoms with Crippen molar-refractivity contribution in [3.05, 3.63) is 42.5 Å². The summed E-state index contributed by atoms with van der Waals surface area (Å²) in [6.45, 7) is 2.40. The summed E-state index contributed by atoms with van der Waals surface area (Å²) in [5.74, 6) is 0.537. The van der Waals surface area contributed by atoms with Crippen LogP contribution in [-0.2, 0) is 20.0 Å². The number of hydrogen-bond donors (Lipinski definition) is 1. The minimum atomic E-state index is -3.98. The second-order valence-corrected chi connectivity index (χ2v) is 10.6. The minimum absolute atomic E-state index is 0.0533. The van der Waals surface area contributed by atoms with E-state index in [0.717, 1.165) is 19.3 Å². The molecule has 0 spiro atoms. The first-order chi connectivity index (χ1) is 14.2. The van der Waals surface area contributed by atoms with Crippen molar-refractivity contribution in [1.82, 2.24) is 4.31 Å². The van der Waals surface area contributed by atoms with E-state index in [4.69, 9.17) is 9.47 Å². The number of anilines is 1. The third kappa shape index (κ3) is 4.55. The topological polar surface area (TPSA) is 102 Å². The summed E-state index contributed by atoms with van der Waals surface area (Å²) >= 11 is 0. The number of ether oxygens (including phenoxy) is 2. The Morgan fingerprint density at radius 3 is 2.27 bits per heavy atom. The Kier molecular flexibility index (Phi) is 6.59. The Morgan fingerprint density at radius 1 is 0.967 bits per heavy atom. The predicted molar refractivity (Wildman–Crippen MR) is 114 cm³/mol. The lowest BCUT2D eigenvalue weighted by Gasteiger charge is -2.32. The van der Waals surface area contributed by atoms with Crippen molar-refractivity contribution in [2.24, 2.45) is 0 Å². The number of nitrogens with one attached hydrogen (secondary N) is 1. The second-order valence-electron chi connectivity index (χ2n) is 7.11. The molecule has 2 aromatic rings. The Labute approximate surface area is 177 Å². The third-order valence-corrected chi connectivity index (χ3v) is 8.55. The van der Waals surface area contributed by atoms with Crippen molar-refractivity contribution in [2.45, 2.75) is 42.0 Å². The van der Waals surface area contributed by atoms with Crippen molar-refractivity contribution in [2.75, 3.05) is 25.5 Å². The van der Waals surface area contributed by atoms with Gasteiger partial charge in [0, 0.05) is 24.3 Å². The summed E-state index contributed by atoms with van der Waals surface area (Å²) in [5, 5.41) is 0. The van der Waals surface area contributed by atoms with Gasteiger partial charge in [0.25, 0.3) is 10.0 Å². The number of sulfonamides is 2. The molecule has 0 saturated carbocycles. The molecule has 1 atom stereocenters. The van der Waals surface area contributed by atoms with E-state index in [1.807, 2.05) is 6.92 Å². The fraction of sp³-hybridized carbons (Fsp3) is 0.400. The summed E-state index contributed by atoms with van der Waals surface area (Å²) in [4.78, 5) is 0.0568. The van der Waals surface area contributed by atoms with Crippen LogP contribution < -0.4 is 14.2 Å². The molecule has 0 radical (unpaired) electrons. The molecule has 1 aliphatic rings. The smallest absolute Gasteiger partial charge is 0.265 e. The van der Waals surface area contributed by atoms with Crippen LogP contribution in [0.25, 0.3) is 0 Å². The van der Waals surface area contributed by atoms with E-state index in [0.29, 0.717) is 12.3 Å². The van der Waals surface area contributed by atoms with E-state index in [-0.39, 0.29) is 27.3 Å². The van der Waals surface area contributed by atoms with Gasteiger partial charge in [-0.05, 0) is 56.2 Å². The first-order valence-electron chi connectivity index (χ1n) is 9.56. The zero-order valence-electron chi connectivity index (χ0n) is 17.2. The molecule has 2 aromatic carbocycles. The number of rotatable bonds is 7. The normalized spacial score (nSPS) is 18.0. The Bertz CT molecular complexity index is 1100. The number of piperidine rings is 1. The molecule has 0 amide bonds. The average Bonchev–Trinajstić information content (AvgIpc) is 2.73. The summed E-state index contributed by atoms with van der Waals surface area (Å²) in [6, 6.07) is 10.1. The van der Waals surface area contributed by atoms with Crippen LogP contribution in [0.2, 0.25) is 0 Å². The van der Waals surface area contributed by atoms with Crippen LogP contribution in [0.3, 0.4) is 0 Å². The molecule has 1 saturated heterocycles. The zero-order chi connectivity index (χ0) is 21.9. The lowest BCUT2D eigenvalue weighted by molar-refractivity contribution is 0.268. The molecule has 8 nitrogen and oxygen atoms in total. The molecule has 10 heteroatoms. The summed E-state index contributed by atoms with van der Waals surface area (Å²) in [7, 11) is -4.79. The van der Waals surface area contributed by atoms with Gasteiger partial charge in [-0.1, -0.05) is 6.42 Å². The monoisotopic (exact) mass is 454 g/mol. The lowest BCUT2D eigenvalue weighted by Crippen LogP contribution is -2.41. The quantitative estimate of drug-likeness (QED) is 0.690. The van der Waals surface area contributed by atoms with Gasteiger partial charge in [-0.3, -0.25) is 4.72 Å². The summed E-state index contributed by atoms with van der Waals surface area (Å²) in [5.41, 5.74) is 0.241. The van der Waals surface area contributed by atoms with Crippen molar-refractivity contribution in [3.63, 3.8) is 0 Å². The van der Waals surface area contributed by atoms with E-state index in [1.165, 1.54) is 54.9 Å². The van der Waals surface area contributed by atoms with Gasteiger partial charge in [0.1, 0.15) is 16.4 Å². The van der Waals surface area contributed by atoms with Crippen LogP contribution in [0, 0.1) is 0 Å². The van der Waals surface area contributed by atoms with Gasteiger partial charge in [0.05, 0.1) is 19.1 Å². The highest BCUT2D eigenvalue weighted by Gasteiger charge is 2.31. The summed E-state index contributed by atoms with van der Waals surface area (Å²) in [6.07, 6.45) is 2.69. The summed E-state index contributed by atoms with van der Waals surface area (Å²) < 4.78 is 65.8. The highest BCUT2D eigenvalue weighted by Crippen LogP contribution is 2.30. The molecular formula is C20H26N2O6S2. The molecule has 0 bridgehead atoms. The molecule has 0 unspecified atom stereocenters. The molecule has 1 heterocycles. The molecule has 0 aliphatic carbocycles. The number of methoxy groups -OCH3 is 2. The van der Waals surface area contributed by atoms with Crippen molar-refractivity contribution >= 4 is 25.7 Å². The van der Waals surface area contributed by atoms with Crippen molar-refractivity contribution in [1.29, 1.82) is 0 Å². The standard InChI is InChI=1S/C20H26N2O6S2/c1-15-6-4-5-13-22(15)30(25,26)18-10-7-16(8-11-18)21-29(23,24)20-14-17(27-2)9-12-19(20)28-3/h7-12,14-15,21H,4-6,13H2,1-3H3/t15-/m0/s1. The van der Waals surface area contributed by atoms with Gasteiger partial charge in [-0.2, -0.15) is 4.31 Å². The molecule has 164 valence electrons.